The summed E-state index contributed by atoms with van der Waals surface area (Å²) in [6.07, 6.45) is 0. The average Bonchev–Trinajstić information content (AvgIpc) is 2.44. The van der Waals surface area contributed by atoms with Gasteiger partial charge in [-0.05, 0) is 31.7 Å². The molecule has 0 aliphatic carbocycles. The molecule has 1 aromatic rings. The summed E-state index contributed by atoms with van der Waals surface area (Å²) in [7, 11) is -2.93. The number of hydrogen-bond donors (Lipinski definition) is 1. The van der Waals surface area contributed by atoms with Crippen molar-refractivity contribution in [2.75, 3.05) is 31.6 Å². The summed E-state index contributed by atoms with van der Waals surface area (Å²) >= 11 is 0. The minimum Gasteiger partial charge on any atom is -0.316 e. The fraction of sp³-hybridized carbons (Fsp3) is 0.538. The smallest absolute Gasteiger partial charge is 0.243 e. The van der Waals surface area contributed by atoms with Crippen molar-refractivity contribution in [3.8, 4) is 0 Å². The van der Waals surface area contributed by atoms with Crippen LogP contribution in [0.25, 0.3) is 0 Å². The van der Waals surface area contributed by atoms with Gasteiger partial charge >= 0.3 is 0 Å². The molecule has 118 valence electrons. The highest BCUT2D eigenvalue weighted by Gasteiger charge is 2.29. The highest BCUT2D eigenvalue weighted by Crippen LogP contribution is 2.23. The molecular formula is C13H19FN2O3S2. The number of nitrogens with zero attached hydrogens (tertiary/aromatic N) is 1. The van der Waals surface area contributed by atoms with Gasteiger partial charge in [0, 0.05) is 47.5 Å². The molecule has 1 saturated heterocycles. The molecule has 0 radical (unpaired) electrons. The summed E-state index contributed by atoms with van der Waals surface area (Å²) in [6.45, 7) is 2.30. The first-order chi connectivity index (χ1) is 9.86. The molecule has 21 heavy (non-hydrogen) atoms. The summed E-state index contributed by atoms with van der Waals surface area (Å²) in [6, 6.07) is 2.73. The van der Waals surface area contributed by atoms with E-state index in [2.05, 4.69) is 5.32 Å². The first-order valence-electron chi connectivity index (χ1n) is 6.65. The average molecular weight is 334 g/mol. The zero-order chi connectivity index (χ0) is 15.6. The minimum atomic E-state index is -3.66. The Hall–Kier alpha value is -0.830. The van der Waals surface area contributed by atoms with E-state index in [0.717, 1.165) is 0 Å². The number of aryl methyl sites for hydroxylation is 1. The molecule has 1 aliphatic rings. The lowest BCUT2D eigenvalue weighted by molar-refractivity contribution is 0.438. The van der Waals surface area contributed by atoms with Gasteiger partial charge in [-0.15, -0.1) is 0 Å². The van der Waals surface area contributed by atoms with Crippen molar-refractivity contribution in [3.05, 3.63) is 29.1 Å². The number of nitrogens with one attached hydrogen (secondary N) is 1. The second kappa shape index (κ2) is 6.51. The van der Waals surface area contributed by atoms with Crippen molar-refractivity contribution in [1.82, 2.24) is 9.62 Å². The standard InChI is InChI=1S/C13H19FN2O3S2/c1-10-7-12(8-11(9-15-2)13(10)14)21(18,19)16-3-5-20(17)6-4-16/h7-8,15H,3-6,9H2,1-2H3. The molecule has 2 rings (SSSR count). The largest absolute Gasteiger partial charge is 0.316 e. The molecule has 0 spiro atoms. The van der Waals surface area contributed by atoms with Gasteiger partial charge in [-0.2, -0.15) is 4.31 Å². The van der Waals surface area contributed by atoms with Gasteiger partial charge in [-0.25, -0.2) is 12.8 Å². The molecule has 0 aromatic heterocycles. The Morgan fingerprint density at radius 3 is 2.52 bits per heavy atom. The lowest BCUT2D eigenvalue weighted by Crippen LogP contribution is -2.41. The Labute approximate surface area is 127 Å². The van der Waals surface area contributed by atoms with E-state index < -0.39 is 20.8 Å². The van der Waals surface area contributed by atoms with Crippen LogP contribution in [0.4, 0.5) is 4.39 Å². The van der Waals surface area contributed by atoms with Gasteiger partial charge in [0.25, 0.3) is 0 Å². The highest BCUT2D eigenvalue weighted by molar-refractivity contribution is 7.89. The highest BCUT2D eigenvalue weighted by atomic mass is 32.2. The maximum atomic E-state index is 14.0. The monoisotopic (exact) mass is 334 g/mol. The summed E-state index contributed by atoms with van der Waals surface area (Å²) in [4.78, 5) is 0.0966. The zero-order valence-corrected chi connectivity index (χ0v) is 13.7. The van der Waals surface area contributed by atoms with Crippen LogP contribution in [0.1, 0.15) is 11.1 Å². The SMILES string of the molecule is CNCc1cc(S(=O)(=O)N2CCS(=O)CC2)cc(C)c1F. The zero-order valence-electron chi connectivity index (χ0n) is 12.1. The second-order valence-corrected chi connectivity index (χ2v) is 8.63. The fourth-order valence-corrected chi connectivity index (χ4v) is 5.15. The Bertz CT molecular complexity index is 652. The van der Waals surface area contributed by atoms with Crippen molar-refractivity contribution in [2.24, 2.45) is 0 Å². The van der Waals surface area contributed by atoms with Crippen molar-refractivity contribution < 1.29 is 17.0 Å². The topological polar surface area (TPSA) is 66.5 Å². The first-order valence-corrected chi connectivity index (χ1v) is 9.58. The Balaban J connectivity index is 2.38. The molecule has 0 unspecified atom stereocenters. The molecular weight excluding hydrogens is 315 g/mol. The van der Waals surface area contributed by atoms with Gasteiger partial charge in [0.05, 0.1) is 4.90 Å². The van der Waals surface area contributed by atoms with Gasteiger partial charge in [0.1, 0.15) is 5.82 Å². The molecule has 0 atom stereocenters. The van der Waals surface area contributed by atoms with E-state index in [-0.39, 0.29) is 30.3 Å². The quantitative estimate of drug-likeness (QED) is 0.876. The van der Waals surface area contributed by atoms with Crippen LogP contribution in [0.2, 0.25) is 0 Å². The van der Waals surface area contributed by atoms with E-state index in [9.17, 15) is 17.0 Å². The van der Waals surface area contributed by atoms with E-state index in [1.165, 1.54) is 16.4 Å². The van der Waals surface area contributed by atoms with Gasteiger partial charge in [0.2, 0.25) is 10.0 Å². The summed E-state index contributed by atoms with van der Waals surface area (Å²) in [5, 5.41) is 2.83. The van der Waals surface area contributed by atoms with Gasteiger partial charge in [0.15, 0.2) is 0 Å². The minimum absolute atomic E-state index is 0.0966. The van der Waals surface area contributed by atoms with Gasteiger partial charge in [-0.1, -0.05) is 0 Å². The van der Waals surface area contributed by atoms with Crippen molar-refractivity contribution in [3.63, 3.8) is 0 Å². The van der Waals surface area contributed by atoms with E-state index in [4.69, 9.17) is 0 Å². The molecule has 1 heterocycles. The Kier molecular flexibility index (Phi) is 5.13. The number of halogens is 1. The predicted octanol–water partition coefficient (Wildman–Crippen LogP) is 0.607. The van der Waals surface area contributed by atoms with Crippen LogP contribution in [0.15, 0.2) is 17.0 Å². The van der Waals surface area contributed by atoms with Gasteiger partial charge in [-0.3, -0.25) is 4.21 Å². The maximum absolute atomic E-state index is 14.0. The summed E-state index contributed by atoms with van der Waals surface area (Å²) < 4.78 is 51.8. The third-order valence-electron chi connectivity index (χ3n) is 3.45. The molecule has 0 amide bonds. The number of benzene rings is 1. The van der Waals surface area contributed by atoms with Crippen molar-refractivity contribution >= 4 is 20.8 Å². The fourth-order valence-electron chi connectivity index (χ4n) is 2.29. The predicted molar refractivity (Wildman–Crippen MR) is 80.5 cm³/mol. The first kappa shape index (κ1) is 16.5. The lowest BCUT2D eigenvalue weighted by atomic mass is 10.1. The number of hydrogen-bond acceptors (Lipinski definition) is 4. The Morgan fingerprint density at radius 1 is 1.33 bits per heavy atom. The van der Waals surface area contributed by atoms with E-state index in [1.807, 2.05) is 0 Å². The summed E-state index contributed by atoms with van der Waals surface area (Å²) in [5.74, 6) is 0.314. The van der Waals surface area contributed by atoms with Crippen LogP contribution in [-0.2, 0) is 27.4 Å². The van der Waals surface area contributed by atoms with E-state index >= 15 is 0 Å². The van der Waals surface area contributed by atoms with Crippen LogP contribution in [-0.4, -0.2) is 48.6 Å². The molecule has 1 N–H and O–H groups in total. The summed E-state index contributed by atoms with van der Waals surface area (Å²) in [5.41, 5.74) is 0.638. The molecule has 1 aromatic carbocycles. The maximum Gasteiger partial charge on any atom is 0.243 e. The molecule has 1 aliphatic heterocycles. The molecule has 1 fully saturated rings. The van der Waals surface area contributed by atoms with E-state index in [1.54, 1.807) is 14.0 Å². The molecule has 0 saturated carbocycles. The van der Waals surface area contributed by atoms with Crippen LogP contribution in [0.3, 0.4) is 0 Å². The third-order valence-corrected chi connectivity index (χ3v) is 6.60. The van der Waals surface area contributed by atoms with Crippen LogP contribution < -0.4 is 5.32 Å². The molecule has 0 bridgehead atoms. The number of rotatable bonds is 4. The Morgan fingerprint density at radius 2 is 1.95 bits per heavy atom. The van der Waals surface area contributed by atoms with Crippen LogP contribution in [0, 0.1) is 12.7 Å². The second-order valence-electron chi connectivity index (χ2n) is 5.00. The van der Waals surface area contributed by atoms with Crippen LogP contribution >= 0.6 is 0 Å². The van der Waals surface area contributed by atoms with E-state index in [0.29, 0.717) is 22.6 Å². The van der Waals surface area contributed by atoms with Crippen molar-refractivity contribution in [1.29, 1.82) is 0 Å². The van der Waals surface area contributed by atoms with Crippen LogP contribution in [0.5, 0.6) is 0 Å². The molecule has 5 nitrogen and oxygen atoms in total. The third kappa shape index (κ3) is 3.50. The number of sulfonamides is 1. The lowest BCUT2D eigenvalue weighted by Gasteiger charge is -2.26. The normalized spacial score (nSPS) is 18.0. The molecule has 8 heteroatoms. The van der Waals surface area contributed by atoms with Gasteiger partial charge < -0.3 is 5.32 Å². The van der Waals surface area contributed by atoms with Crippen molar-refractivity contribution in [2.45, 2.75) is 18.4 Å².